The van der Waals surface area contributed by atoms with Crippen LogP contribution in [0.5, 0.6) is 0 Å². The van der Waals surface area contributed by atoms with Crippen LogP contribution in [-0.2, 0) is 5.75 Å². The molecule has 1 aromatic carbocycles. The molecular weight excluding hydrogens is 288 g/mol. The summed E-state index contributed by atoms with van der Waals surface area (Å²) in [6, 6.07) is 10.9. The molecule has 2 aromatic heterocycles. The van der Waals surface area contributed by atoms with E-state index in [1.165, 1.54) is 10.6 Å². The first-order chi connectivity index (χ1) is 10.1. The SMILES string of the molecule is N=C(N)SCc1nc2nc(-c3ccccc3)cc(=O)n2[nH]1. The first kappa shape index (κ1) is 13.4. The third-order valence-corrected chi connectivity index (χ3v) is 3.54. The molecule has 0 fully saturated rings. The van der Waals surface area contributed by atoms with Gasteiger partial charge in [0, 0.05) is 11.6 Å². The minimum absolute atomic E-state index is 0.000682. The van der Waals surface area contributed by atoms with E-state index in [-0.39, 0.29) is 10.7 Å². The molecule has 0 amide bonds. The largest absolute Gasteiger partial charge is 0.379 e. The summed E-state index contributed by atoms with van der Waals surface area (Å²) in [4.78, 5) is 20.7. The molecule has 7 nitrogen and oxygen atoms in total. The Morgan fingerprint density at radius 1 is 1.33 bits per heavy atom. The van der Waals surface area contributed by atoms with Crippen LogP contribution < -0.4 is 11.3 Å². The van der Waals surface area contributed by atoms with Gasteiger partial charge in [-0.2, -0.15) is 9.50 Å². The van der Waals surface area contributed by atoms with E-state index in [0.29, 0.717) is 23.0 Å². The number of hydrogen-bond acceptors (Lipinski definition) is 5. The summed E-state index contributed by atoms with van der Waals surface area (Å²) in [6.07, 6.45) is 0. The number of aromatic amines is 1. The number of nitrogens with one attached hydrogen (secondary N) is 2. The molecule has 0 aliphatic carbocycles. The second kappa shape index (κ2) is 5.41. The summed E-state index contributed by atoms with van der Waals surface area (Å²) in [5, 5.41) is 10.0. The van der Waals surface area contributed by atoms with Crippen molar-refractivity contribution < 1.29 is 0 Å². The van der Waals surface area contributed by atoms with Crippen molar-refractivity contribution in [2.75, 3.05) is 0 Å². The average Bonchev–Trinajstić information content (AvgIpc) is 2.90. The maximum absolute atomic E-state index is 12.1. The molecule has 0 atom stereocenters. The lowest BCUT2D eigenvalue weighted by Crippen LogP contribution is -2.14. The van der Waals surface area contributed by atoms with Gasteiger partial charge in [0.15, 0.2) is 5.17 Å². The first-order valence-corrected chi connectivity index (χ1v) is 7.13. The van der Waals surface area contributed by atoms with Crippen molar-refractivity contribution in [2.45, 2.75) is 5.75 Å². The molecule has 3 rings (SSSR count). The molecule has 0 saturated heterocycles. The average molecular weight is 300 g/mol. The highest BCUT2D eigenvalue weighted by Gasteiger charge is 2.09. The molecule has 0 aliphatic heterocycles. The Bertz CT molecular complexity index is 854. The van der Waals surface area contributed by atoms with Gasteiger partial charge >= 0.3 is 0 Å². The summed E-state index contributed by atoms with van der Waals surface area (Å²) in [5.41, 5.74) is 6.50. The van der Waals surface area contributed by atoms with Crippen LogP contribution in [0.2, 0.25) is 0 Å². The van der Waals surface area contributed by atoms with Gasteiger partial charge in [0.1, 0.15) is 5.82 Å². The van der Waals surface area contributed by atoms with E-state index >= 15 is 0 Å². The first-order valence-electron chi connectivity index (χ1n) is 6.14. The molecule has 0 bridgehead atoms. The van der Waals surface area contributed by atoms with Crippen molar-refractivity contribution in [1.82, 2.24) is 19.6 Å². The Kier molecular flexibility index (Phi) is 3.44. The lowest BCUT2D eigenvalue weighted by atomic mass is 10.1. The van der Waals surface area contributed by atoms with Gasteiger partial charge in [-0.15, -0.1) is 0 Å². The summed E-state index contributed by atoms with van der Waals surface area (Å²) < 4.78 is 1.28. The van der Waals surface area contributed by atoms with Gasteiger partial charge in [-0.1, -0.05) is 42.1 Å². The van der Waals surface area contributed by atoms with E-state index in [1.807, 2.05) is 30.3 Å². The van der Waals surface area contributed by atoms with Crippen LogP contribution in [0, 0.1) is 5.41 Å². The number of fused-ring (bicyclic) bond motifs is 1. The molecule has 106 valence electrons. The van der Waals surface area contributed by atoms with Crippen molar-refractivity contribution >= 4 is 22.7 Å². The lowest BCUT2D eigenvalue weighted by Gasteiger charge is -1.99. The topological polar surface area (TPSA) is 113 Å². The van der Waals surface area contributed by atoms with E-state index < -0.39 is 0 Å². The standard InChI is InChI=1S/C13H12N6OS/c14-12(15)21-7-10-17-13-16-9(6-11(20)19(13)18-10)8-4-2-1-3-5-8/h1-6H,7H2,(H3,14,15)(H,16,17,18). The number of aromatic nitrogens is 4. The minimum atomic E-state index is -0.231. The van der Waals surface area contributed by atoms with Crippen LogP contribution in [0.4, 0.5) is 0 Å². The fourth-order valence-electron chi connectivity index (χ4n) is 1.89. The number of rotatable bonds is 3. The van der Waals surface area contributed by atoms with Crippen molar-refractivity contribution in [3.63, 3.8) is 0 Å². The van der Waals surface area contributed by atoms with Gasteiger partial charge in [-0.3, -0.25) is 15.3 Å². The normalized spacial score (nSPS) is 10.9. The molecule has 4 N–H and O–H groups in total. The maximum Gasteiger partial charge on any atom is 0.274 e. The predicted octanol–water partition coefficient (Wildman–Crippen LogP) is 1.21. The zero-order valence-electron chi connectivity index (χ0n) is 10.9. The number of amidine groups is 1. The Morgan fingerprint density at radius 3 is 2.81 bits per heavy atom. The van der Waals surface area contributed by atoms with Gasteiger partial charge in [0.25, 0.3) is 11.3 Å². The summed E-state index contributed by atoms with van der Waals surface area (Å²) >= 11 is 1.13. The van der Waals surface area contributed by atoms with Crippen LogP contribution in [0.1, 0.15) is 5.82 Å². The zero-order valence-corrected chi connectivity index (χ0v) is 11.7. The third kappa shape index (κ3) is 2.79. The summed E-state index contributed by atoms with van der Waals surface area (Å²) in [6.45, 7) is 0. The second-order valence-corrected chi connectivity index (χ2v) is 5.32. The van der Waals surface area contributed by atoms with Crippen LogP contribution in [0.3, 0.4) is 0 Å². The maximum atomic E-state index is 12.1. The van der Waals surface area contributed by atoms with Gasteiger partial charge in [0.05, 0.1) is 11.4 Å². The Hall–Kier alpha value is -2.61. The molecular formula is C13H12N6OS. The van der Waals surface area contributed by atoms with E-state index in [1.54, 1.807) is 0 Å². The highest BCUT2D eigenvalue weighted by Crippen LogP contribution is 2.15. The highest BCUT2D eigenvalue weighted by atomic mass is 32.2. The Balaban J connectivity index is 2.03. The number of nitrogens with two attached hydrogens (primary N) is 1. The van der Waals surface area contributed by atoms with Crippen molar-refractivity contribution in [1.29, 1.82) is 5.41 Å². The monoisotopic (exact) mass is 300 g/mol. The predicted molar refractivity (Wildman–Crippen MR) is 82.3 cm³/mol. The van der Waals surface area contributed by atoms with Gasteiger partial charge in [0.2, 0.25) is 0 Å². The quantitative estimate of drug-likeness (QED) is 0.497. The molecule has 0 spiro atoms. The van der Waals surface area contributed by atoms with Crippen LogP contribution in [0.15, 0.2) is 41.2 Å². The fraction of sp³-hybridized carbons (Fsp3) is 0.0769. The number of hydrogen-bond donors (Lipinski definition) is 3. The lowest BCUT2D eigenvalue weighted by molar-refractivity contribution is 0.878. The summed E-state index contributed by atoms with van der Waals surface area (Å²) in [7, 11) is 0. The molecule has 0 aliphatic rings. The molecule has 0 unspecified atom stereocenters. The van der Waals surface area contributed by atoms with Crippen molar-refractivity contribution in [3.8, 4) is 11.3 Å². The minimum Gasteiger partial charge on any atom is -0.379 e. The highest BCUT2D eigenvalue weighted by molar-refractivity contribution is 8.12. The third-order valence-electron chi connectivity index (χ3n) is 2.81. The molecule has 21 heavy (non-hydrogen) atoms. The fourth-order valence-corrected chi connectivity index (χ4v) is 2.31. The van der Waals surface area contributed by atoms with Crippen molar-refractivity contribution in [3.05, 3.63) is 52.6 Å². The summed E-state index contributed by atoms with van der Waals surface area (Å²) in [5.74, 6) is 1.24. The van der Waals surface area contributed by atoms with Crippen LogP contribution in [0.25, 0.3) is 17.0 Å². The molecule has 8 heteroatoms. The second-order valence-electron chi connectivity index (χ2n) is 4.30. The van der Waals surface area contributed by atoms with E-state index in [0.717, 1.165) is 17.3 Å². The molecule has 2 heterocycles. The number of nitrogens with zero attached hydrogens (tertiary/aromatic N) is 3. The van der Waals surface area contributed by atoms with E-state index in [9.17, 15) is 4.79 Å². The van der Waals surface area contributed by atoms with Crippen molar-refractivity contribution in [2.24, 2.45) is 5.73 Å². The van der Waals surface area contributed by atoms with Gasteiger partial charge in [-0.25, -0.2) is 4.98 Å². The van der Waals surface area contributed by atoms with E-state index in [2.05, 4.69) is 15.1 Å². The molecule has 0 saturated carbocycles. The number of H-pyrrole nitrogens is 1. The van der Waals surface area contributed by atoms with Gasteiger partial charge < -0.3 is 5.73 Å². The van der Waals surface area contributed by atoms with Gasteiger partial charge in [-0.05, 0) is 0 Å². The Labute approximate surface area is 123 Å². The Morgan fingerprint density at radius 2 is 2.10 bits per heavy atom. The van der Waals surface area contributed by atoms with E-state index in [4.69, 9.17) is 11.1 Å². The van der Waals surface area contributed by atoms with Crippen LogP contribution >= 0.6 is 11.8 Å². The van der Waals surface area contributed by atoms with Crippen LogP contribution in [-0.4, -0.2) is 24.7 Å². The zero-order chi connectivity index (χ0) is 14.8. The number of thioether (sulfide) groups is 1. The molecule has 0 radical (unpaired) electrons. The number of benzene rings is 1. The molecule has 3 aromatic rings. The smallest absolute Gasteiger partial charge is 0.274 e.